The predicted octanol–water partition coefficient (Wildman–Crippen LogP) is 2.85. The van der Waals surface area contributed by atoms with Crippen LogP contribution in [0.25, 0.3) is 11.1 Å². The summed E-state index contributed by atoms with van der Waals surface area (Å²) < 4.78 is 7.70. The van der Waals surface area contributed by atoms with E-state index in [9.17, 15) is 0 Å². The van der Waals surface area contributed by atoms with E-state index in [1.165, 1.54) is 16.7 Å². The van der Waals surface area contributed by atoms with Crippen molar-refractivity contribution >= 4 is 0 Å². The molecule has 0 bridgehead atoms. The lowest BCUT2D eigenvalue weighted by Crippen LogP contribution is -2.43. The number of hydrogen-bond acceptors (Lipinski definition) is 4. The molecule has 4 rings (SSSR count). The molecular formula is C20H22N4O. The van der Waals surface area contributed by atoms with Crippen LogP contribution >= 0.6 is 0 Å². The number of benzene rings is 2. The fraction of sp³-hybridized carbons (Fsp3) is 0.300. The molecule has 1 fully saturated rings. The maximum Gasteiger partial charge on any atom is 0.137 e. The van der Waals surface area contributed by atoms with Crippen LogP contribution in [0.2, 0.25) is 0 Å². The van der Waals surface area contributed by atoms with Crippen LogP contribution in [0.15, 0.2) is 67.3 Å². The molecule has 0 N–H and O–H groups in total. The Morgan fingerprint density at radius 3 is 2.56 bits per heavy atom. The van der Waals surface area contributed by atoms with Gasteiger partial charge in [0.05, 0.1) is 19.3 Å². The largest absolute Gasteiger partial charge is 0.374 e. The van der Waals surface area contributed by atoms with E-state index in [-0.39, 0.29) is 6.10 Å². The Balaban J connectivity index is 1.36. The van der Waals surface area contributed by atoms with Crippen molar-refractivity contribution in [1.82, 2.24) is 19.7 Å². The van der Waals surface area contributed by atoms with Crippen LogP contribution in [0.5, 0.6) is 0 Å². The van der Waals surface area contributed by atoms with Crippen molar-refractivity contribution < 1.29 is 4.74 Å². The van der Waals surface area contributed by atoms with Gasteiger partial charge in [-0.05, 0) is 16.7 Å². The maximum absolute atomic E-state index is 5.87. The van der Waals surface area contributed by atoms with Crippen molar-refractivity contribution in [3.8, 4) is 11.1 Å². The Morgan fingerprint density at radius 1 is 1.00 bits per heavy atom. The van der Waals surface area contributed by atoms with Crippen molar-refractivity contribution in [2.45, 2.75) is 19.2 Å². The van der Waals surface area contributed by atoms with Crippen LogP contribution in [0.4, 0.5) is 0 Å². The Hall–Kier alpha value is -2.50. The zero-order valence-corrected chi connectivity index (χ0v) is 14.2. The lowest BCUT2D eigenvalue weighted by atomic mass is 10.0. The van der Waals surface area contributed by atoms with Crippen LogP contribution in [-0.4, -0.2) is 45.5 Å². The highest BCUT2D eigenvalue weighted by Gasteiger charge is 2.21. The molecule has 1 aliphatic heterocycles. The zero-order chi connectivity index (χ0) is 16.9. The van der Waals surface area contributed by atoms with Crippen LogP contribution in [0.3, 0.4) is 0 Å². The molecule has 5 nitrogen and oxygen atoms in total. The minimum absolute atomic E-state index is 0.166. The number of ether oxygens (including phenoxy) is 1. The first-order valence-corrected chi connectivity index (χ1v) is 8.67. The van der Waals surface area contributed by atoms with E-state index in [2.05, 4.69) is 63.5 Å². The predicted molar refractivity (Wildman–Crippen MR) is 96.9 cm³/mol. The average Bonchev–Trinajstić information content (AvgIpc) is 3.16. The van der Waals surface area contributed by atoms with Crippen LogP contribution < -0.4 is 0 Å². The quantitative estimate of drug-likeness (QED) is 0.720. The molecule has 0 unspecified atom stereocenters. The smallest absolute Gasteiger partial charge is 0.137 e. The van der Waals surface area contributed by atoms with Crippen LogP contribution in [0, 0.1) is 0 Å². The molecule has 3 aromatic rings. The Morgan fingerprint density at radius 2 is 1.80 bits per heavy atom. The van der Waals surface area contributed by atoms with Crippen molar-refractivity contribution in [1.29, 1.82) is 0 Å². The highest BCUT2D eigenvalue weighted by molar-refractivity contribution is 5.63. The molecule has 1 saturated heterocycles. The van der Waals surface area contributed by atoms with Gasteiger partial charge in [0.15, 0.2) is 0 Å². The fourth-order valence-corrected chi connectivity index (χ4v) is 3.26. The molecule has 0 amide bonds. The molecule has 0 spiro atoms. The number of morpholine rings is 1. The van der Waals surface area contributed by atoms with Gasteiger partial charge in [-0.3, -0.25) is 9.58 Å². The standard InChI is InChI=1S/C20H22N4O/c1-2-4-18(5-3-1)19-8-6-17(7-9-19)12-23-10-11-25-20(13-23)14-24-16-21-15-22-24/h1-9,15-16,20H,10-14H2/t20-/m0/s1. The van der Waals surface area contributed by atoms with Gasteiger partial charge in [0.2, 0.25) is 0 Å². The second-order valence-corrected chi connectivity index (χ2v) is 6.41. The van der Waals surface area contributed by atoms with E-state index in [1.807, 2.05) is 10.7 Å². The van der Waals surface area contributed by atoms with Gasteiger partial charge in [-0.2, -0.15) is 5.10 Å². The lowest BCUT2D eigenvalue weighted by Gasteiger charge is -2.32. The van der Waals surface area contributed by atoms with Crippen molar-refractivity contribution in [3.05, 3.63) is 72.8 Å². The minimum atomic E-state index is 0.166. The van der Waals surface area contributed by atoms with Gasteiger partial charge in [0, 0.05) is 19.6 Å². The fourth-order valence-electron chi connectivity index (χ4n) is 3.26. The summed E-state index contributed by atoms with van der Waals surface area (Å²) in [6, 6.07) is 19.4. The SMILES string of the molecule is c1ccc(-c2ccc(CN3CCO[C@H](Cn4cncn4)C3)cc2)cc1. The summed E-state index contributed by atoms with van der Waals surface area (Å²) in [6.07, 6.45) is 3.47. The molecular weight excluding hydrogens is 312 g/mol. The third kappa shape index (κ3) is 4.13. The summed E-state index contributed by atoms with van der Waals surface area (Å²) in [5, 5.41) is 4.16. The summed E-state index contributed by atoms with van der Waals surface area (Å²) in [5.74, 6) is 0. The normalized spacial score (nSPS) is 18.3. The summed E-state index contributed by atoms with van der Waals surface area (Å²) in [6.45, 7) is 4.35. The molecule has 25 heavy (non-hydrogen) atoms. The third-order valence-electron chi connectivity index (χ3n) is 4.55. The van der Waals surface area contributed by atoms with E-state index in [4.69, 9.17) is 4.74 Å². The molecule has 0 saturated carbocycles. The first kappa shape index (κ1) is 16.0. The molecule has 1 aliphatic rings. The Labute approximate surface area is 147 Å². The number of aromatic nitrogens is 3. The summed E-state index contributed by atoms with van der Waals surface area (Å²) in [7, 11) is 0. The van der Waals surface area contributed by atoms with Gasteiger partial charge in [-0.25, -0.2) is 4.98 Å². The number of nitrogens with zero attached hydrogens (tertiary/aromatic N) is 4. The zero-order valence-electron chi connectivity index (χ0n) is 14.2. The lowest BCUT2D eigenvalue weighted by molar-refractivity contribution is -0.0402. The second kappa shape index (κ2) is 7.59. The van der Waals surface area contributed by atoms with Crippen molar-refractivity contribution in [3.63, 3.8) is 0 Å². The summed E-state index contributed by atoms with van der Waals surface area (Å²) in [4.78, 5) is 6.44. The van der Waals surface area contributed by atoms with E-state index in [1.54, 1.807) is 12.7 Å². The van der Waals surface area contributed by atoms with Gasteiger partial charge < -0.3 is 4.74 Å². The monoisotopic (exact) mass is 334 g/mol. The molecule has 1 atom stereocenters. The van der Waals surface area contributed by atoms with Gasteiger partial charge in [-0.1, -0.05) is 54.6 Å². The van der Waals surface area contributed by atoms with Crippen LogP contribution in [0.1, 0.15) is 5.56 Å². The first-order valence-electron chi connectivity index (χ1n) is 8.67. The van der Waals surface area contributed by atoms with Gasteiger partial charge in [-0.15, -0.1) is 0 Å². The van der Waals surface area contributed by atoms with Gasteiger partial charge in [0.25, 0.3) is 0 Å². The molecule has 1 aromatic heterocycles. The average molecular weight is 334 g/mol. The number of rotatable bonds is 5. The van der Waals surface area contributed by atoms with E-state index in [0.29, 0.717) is 0 Å². The van der Waals surface area contributed by atoms with Crippen LogP contribution in [-0.2, 0) is 17.8 Å². The van der Waals surface area contributed by atoms with E-state index < -0.39 is 0 Å². The molecule has 2 aromatic carbocycles. The maximum atomic E-state index is 5.87. The highest BCUT2D eigenvalue weighted by Crippen LogP contribution is 2.20. The third-order valence-corrected chi connectivity index (χ3v) is 4.55. The van der Waals surface area contributed by atoms with Gasteiger partial charge >= 0.3 is 0 Å². The second-order valence-electron chi connectivity index (χ2n) is 6.41. The van der Waals surface area contributed by atoms with Gasteiger partial charge in [0.1, 0.15) is 12.7 Å². The highest BCUT2D eigenvalue weighted by atomic mass is 16.5. The van der Waals surface area contributed by atoms with Crippen molar-refractivity contribution in [2.24, 2.45) is 0 Å². The number of hydrogen-bond donors (Lipinski definition) is 0. The van der Waals surface area contributed by atoms with Crippen molar-refractivity contribution in [2.75, 3.05) is 19.7 Å². The van der Waals surface area contributed by atoms with E-state index in [0.717, 1.165) is 32.8 Å². The molecule has 0 aliphatic carbocycles. The first-order chi connectivity index (χ1) is 12.4. The van der Waals surface area contributed by atoms with E-state index >= 15 is 0 Å². The minimum Gasteiger partial charge on any atom is -0.374 e. The summed E-state index contributed by atoms with van der Waals surface area (Å²) in [5.41, 5.74) is 3.85. The molecule has 128 valence electrons. The molecule has 2 heterocycles. The Kier molecular flexibility index (Phi) is 4.86. The Bertz CT molecular complexity index is 771. The molecule has 5 heteroatoms. The molecule has 0 radical (unpaired) electrons. The summed E-state index contributed by atoms with van der Waals surface area (Å²) >= 11 is 0. The topological polar surface area (TPSA) is 43.2 Å².